The molecule has 2 heterocycles. The zero-order valence-electron chi connectivity index (χ0n) is 15.5. The van der Waals surface area contributed by atoms with Gasteiger partial charge in [0.05, 0.1) is 30.8 Å². The highest BCUT2D eigenvalue weighted by Crippen LogP contribution is 2.44. The van der Waals surface area contributed by atoms with Crippen LogP contribution in [0.25, 0.3) is 0 Å². The van der Waals surface area contributed by atoms with Crippen molar-refractivity contribution in [2.24, 2.45) is 5.92 Å². The van der Waals surface area contributed by atoms with Crippen molar-refractivity contribution < 1.29 is 19.4 Å². The molecular weight excluding hydrogens is 332 g/mol. The van der Waals surface area contributed by atoms with Crippen LogP contribution in [0.2, 0.25) is 0 Å². The van der Waals surface area contributed by atoms with Gasteiger partial charge in [0, 0.05) is 11.6 Å². The van der Waals surface area contributed by atoms with E-state index < -0.39 is 17.7 Å². The molecule has 2 atom stereocenters. The van der Waals surface area contributed by atoms with Crippen LogP contribution < -0.4 is 4.74 Å². The lowest BCUT2D eigenvalue weighted by Gasteiger charge is -2.45. The van der Waals surface area contributed by atoms with E-state index in [4.69, 9.17) is 9.47 Å². The summed E-state index contributed by atoms with van der Waals surface area (Å²) in [7, 11) is 0. The van der Waals surface area contributed by atoms with Crippen molar-refractivity contribution in [3.63, 3.8) is 0 Å². The largest absolute Gasteiger partial charge is 0.496 e. The number of aliphatic hydroxyl groups excluding tert-OH is 1. The summed E-state index contributed by atoms with van der Waals surface area (Å²) in [6, 6.07) is 6.56. The number of carbonyl (C=O) groups excluding carboxylic acids is 1. The molecule has 1 N–H and O–H groups in total. The van der Waals surface area contributed by atoms with Crippen molar-refractivity contribution in [3.05, 3.63) is 41.2 Å². The first-order valence-electron chi connectivity index (χ1n) is 8.78. The number of amides is 1. The number of rotatable bonds is 4. The highest BCUT2D eigenvalue weighted by Gasteiger charge is 2.47. The van der Waals surface area contributed by atoms with Crippen molar-refractivity contribution in [2.75, 3.05) is 13.2 Å². The minimum atomic E-state index is -0.939. The van der Waals surface area contributed by atoms with E-state index in [0.717, 1.165) is 0 Å². The van der Waals surface area contributed by atoms with Gasteiger partial charge in [-0.3, -0.25) is 4.79 Å². The number of nitriles is 1. The molecule has 0 bridgehead atoms. The van der Waals surface area contributed by atoms with Crippen molar-refractivity contribution in [2.45, 2.75) is 45.4 Å². The molecule has 2 aliphatic heterocycles. The number of fused-ring (bicyclic) bond motifs is 1. The van der Waals surface area contributed by atoms with Gasteiger partial charge in [0.2, 0.25) is 0 Å². The third-order valence-corrected chi connectivity index (χ3v) is 4.67. The minimum absolute atomic E-state index is 0.209. The number of aliphatic hydroxyl groups is 1. The summed E-state index contributed by atoms with van der Waals surface area (Å²) in [5.74, 6) is 1.32. The van der Waals surface area contributed by atoms with Gasteiger partial charge in [0.25, 0.3) is 5.91 Å². The lowest BCUT2D eigenvalue weighted by molar-refractivity contribution is -0.137. The maximum absolute atomic E-state index is 12.6. The van der Waals surface area contributed by atoms with Crippen LogP contribution in [0.3, 0.4) is 0 Å². The Balaban J connectivity index is 1.94. The quantitative estimate of drug-likeness (QED) is 0.896. The van der Waals surface area contributed by atoms with Gasteiger partial charge in [0.15, 0.2) is 0 Å². The predicted octanol–water partition coefficient (Wildman–Crippen LogP) is 2.53. The topological polar surface area (TPSA) is 82.8 Å². The molecular formula is C20H24N2O4. The van der Waals surface area contributed by atoms with Gasteiger partial charge < -0.3 is 19.5 Å². The summed E-state index contributed by atoms with van der Waals surface area (Å²) in [6.45, 7) is 8.48. The van der Waals surface area contributed by atoms with Crippen molar-refractivity contribution in [1.29, 1.82) is 5.26 Å². The highest BCUT2D eigenvalue weighted by molar-refractivity contribution is 5.91. The Labute approximate surface area is 153 Å². The van der Waals surface area contributed by atoms with Crippen molar-refractivity contribution >= 4 is 5.91 Å². The number of nitrogens with zero attached hydrogens (tertiary/aromatic N) is 2. The van der Waals surface area contributed by atoms with Gasteiger partial charge in [0.1, 0.15) is 23.2 Å². The first-order chi connectivity index (χ1) is 12.2. The molecule has 138 valence electrons. The molecule has 6 nitrogen and oxygen atoms in total. The fourth-order valence-corrected chi connectivity index (χ4v) is 3.28. The molecule has 3 rings (SSSR count). The maximum Gasteiger partial charge on any atom is 0.251 e. The molecule has 1 aromatic rings. The van der Waals surface area contributed by atoms with E-state index in [0.29, 0.717) is 41.7 Å². The van der Waals surface area contributed by atoms with Gasteiger partial charge in [-0.05, 0) is 38.0 Å². The molecule has 6 heteroatoms. The standard InChI is InChI=1S/C20H24N2O4/c1-12(2)11-25-14-8-17(23)22(10-14)18-15-7-13(9-21)5-6-16(15)26-20(3,4)19(18)24/h5-8,12,18-19,24H,10-11H2,1-4H3/t18-,19+/m0/s1. The Hall–Kier alpha value is -2.52. The summed E-state index contributed by atoms with van der Waals surface area (Å²) >= 11 is 0. The van der Waals surface area contributed by atoms with Gasteiger partial charge in [-0.15, -0.1) is 0 Å². The number of carbonyl (C=O) groups is 1. The minimum Gasteiger partial charge on any atom is -0.496 e. The number of hydrogen-bond donors (Lipinski definition) is 1. The van der Waals surface area contributed by atoms with Crippen molar-refractivity contribution in [1.82, 2.24) is 4.90 Å². The molecule has 2 aliphatic rings. The SMILES string of the molecule is CC(C)COC1=CC(=O)N([C@H]2c3cc(C#N)ccc3OC(C)(C)[C@@H]2O)C1. The predicted molar refractivity (Wildman–Crippen MR) is 95.2 cm³/mol. The highest BCUT2D eigenvalue weighted by atomic mass is 16.5. The second kappa shape index (κ2) is 6.65. The fourth-order valence-electron chi connectivity index (χ4n) is 3.28. The van der Waals surface area contributed by atoms with Gasteiger partial charge >= 0.3 is 0 Å². The van der Waals surface area contributed by atoms with E-state index >= 15 is 0 Å². The van der Waals surface area contributed by atoms with Crippen LogP contribution in [-0.2, 0) is 9.53 Å². The molecule has 0 aliphatic carbocycles. The molecule has 0 saturated heterocycles. The first kappa shape index (κ1) is 18.3. The fraction of sp³-hybridized carbons (Fsp3) is 0.500. The third kappa shape index (κ3) is 3.27. The smallest absolute Gasteiger partial charge is 0.251 e. The molecule has 0 unspecified atom stereocenters. The van der Waals surface area contributed by atoms with Crippen LogP contribution in [0.4, 0.5) is 0 Å². The summed E-state index contributed by atoms with van der Waals surface area (Å²) in [6.07, 6.45) is 0.538. The lowest BCUT2D eigenvalue weighted by atomic mass is 9.85. The Bertz CT molecular complexity index is 791. The molecule has 0 radical (unpaired) electrons. The summed E-state index contributed by atoms with van der Waals surface area (Å²) in [4.78, 5) is 14.2. The van der Waals surface area contributed by atoms with E-state index in [9.17, 15) is 15.2 Å². The Morgan fingerprint density at radius 1 is 1.46 bits per heavy atom. The summed E-state index contributed by atoms with van der Waals surface area (Å²) in [5, 5.41) is 20.1. The van der Waals surface area contributed by atoms with E-state index in [1.165, 1.54) is 6.08 Å². The second-order valence-corrected chi connectivity index (χ2v) is 7.74. The van der Waals surface area contributed by atoms with E-state index in [1.54, 1.807) is 36.9 Å². The maximum atomic E-state index is 12.6. The summed E-state index contributed by atoms with van der Waals surface area (Å²) < 4.78 is 11.6. The van der Waals surface area contributed by atoms with Gasteiger partial charge in [-0.2, -0.15) is 5.26 Å². The zero-order chi connectivity index (χ0) is 19.1. The average molecular weight is 356 g/mol. The van der Waals surface area contributed by atoms with Crippen LogP contribution in [0.5, 0.6) is 5.75 Å². The Morgan fingerprint density at radius 3 is 2.85 bits per heavy atom. The van der Waals surface area contributed by atoms with Crippen LogP contribution in [0.15, 0.2) is 30.0 Å². The van der Waals surface area contributed by atoms with Crippen LogP contribution >= 0.6 is 0 Å². The van der Waals surface area contributed by atoms with E-state index in [2.05, 4.69) is 6.07 Å². The van der Waals surface area contributed by atoms with Gasteiger partial charge in [-0.25, -0.2) is 0 Å². The molecule has 26 heavy (non-hydrogen) atoms. The molecule has 0 fully saturated rings. The average Bonchev–Trinajstić information content (AvgIpc) is 2.94. The molecule has 0 aromatic heterocycles. The molecule has 1 amide bonds. The first-order valence-corrected chi connectivity index (χ1v) is 8.78. The summed E-state index contributed by atoms with van der Waals surface area (Å²) in [5.41, 5.74) is 0.232. The molecule has 0 saturated carbocycles. The number of ether oxygens (including phenoxy) is 2. The van der Waals surface area contributed by atoms with Crippen molar-refractivity contribution in [3.8, 4) is 11.8 Å². The third-order valence-electron chi connectivity index (χ3n) is 4.67. The normalized spacial score (nSPS) is 24.0. The van der Waals surface area contributed by atoms with E-state index in [-0.39, 0.29) is 5.91 Å². The molecule has 1 aromatic carbocycles. The second-order valence-electron chi connectivity index (χ2n) is 7.74. The van der Waals surface area contributed by atoms with Crippen LogP contribution in [0, 0.1) is 17.2 Å². The van der Waals surface area contributed by atoms with E-state index in [1.807, 2.05) is 13.8 Å². The number of benzene rings is 1. The van der Waals surface area contributed by atoms with Crippen LogP contribution in [-0.4, -0.2) is 40.8 Å². The Kier molecular flexibility index (Phi) is 4.68. The van der Waals surface area contributed by atoms with Gasteiger partial charge in [-0.1, -0.05) is 13.8 Å². The van der Waals surface area contributed by atoms with Crippen LogP contribution in [0.1, 0.15) is 44.9 Å². The molecule has 0 spiro atoms. The zero-order valence-corrected chi connectivity index (χ0v) is 15.5. The Morgan fingerprint density at radius 2 is 2.19 bits per heavy atom. The lowest BCUT2D eigenvalue weighted by Crippen LogP contribution is -2.54. The number of hydrogen-bond acceptors (Lipinski definition) is 5. The monoisotopic (exact) mass is 356 g/mol.